The van der Waals surface area contributed by atoms with E-state index in [1.807, 2.05) is 13.8 Å². The summed E-state index contributed by atoms with van der Waals surface area (Å²) in [7, 11) is 1.67. The fraction of sp³-hybridized carbons (Fsp3) is 1.00. The summed E-state index contributed by atoms with van der Waals surface area (Å²) in [6.45, 7) is 6.18. The summed E-state index contributed by atoms with van der Waals surface area (Å²) in [6.07, 6.45) is 4.95. The van der Waals surface area contributed by atoms with Crippen molar-refractivity contribution in [2.45, 2.75) is 58.2 Å². The number of nitrogens with zero attached hydrogens (tertiary/aromatic N) is 2. The lowest BCUT2D eigenvalue weighted by molar-refractivity contribution is 0.0224. The van der Waals surface area contributed by atoms with Crippen molar-refractivity contribution >= 4 is 0 Å². The van der Waals surface area contributed by atoms with E-state index in [1.54, 1.807) is 7.11 Å². The van der Waals surface area contributed by atoms with Gasteiger partial charge in [0.2, 0.25) is 0 Å². The minimum absolute atomic E-state index is 0.431. The van der Waals surface area contributed by atoms with Crippen LogP contribution in [0, 0.1) is 5.92 Å². The molecular weight excluding hydrogens is 176 g/mol. The number of azo groups is 1. The smallest absolute Gasteiger partial charge is 0.172 e. The van der Waals surface area contributed by atoms with Crippen LogP contribution in [0.15, 0.2) is 10.2 Å². The Bertz CT molecular complexity index is 193. The first-order valence-corrected chi connectivity index (χ1v) is 5.50. The van der Waals surface area contributed by atoms with Gasteiger partial charge in [0.05, 0.1) is 6.04 Å². The number of hydrogen-bond acceptors (Lipinski definition) is 3. The van der Waals surface area contributed by atoms with Crippen molar-refractivity contribution in [2.24, 2.45) is 16.1 Å². The van der Waals surface area contributed by atoms with Crippen LogP contribution < -0.4 is 0 Å². The summed E-state index contributed by atoms with van der Waals surface area (Å²) in [5.41, 5.74) is -0.455. The van der Waals surface area contributed by atoms with Crippen LogP contribution in [0.5, 0.6) is 0 Å². The van der Waals surface area contributed by atoms with E-state index in [0.29, 0.717) is 6.04 Å². The Balaban J connectivity index is 2.37. The van der Waals surface area contributed by atoms with Crippen LogP contribution in [0.3, 0.4) is 0 Å². The molecule has 0 radical (unpaired) electrons. The second kappa shape index (κ2) is 4.87. The average molecular weight is 198 g/mol. The van der Waals surface area contributed by atoms with Gasteiger partial charge < -0.3 is 4.74 Å². The molecule has 0 spiro atoms. The lowest BCUT2D eigenvalue weighted by Crippen LogP contribution is -2.20. The number of rotatable bonds is 3. The molecule has 1 aliphatic rings. The third-order valence-electron chi connectivity index (χ3n) is 2.95. The van der Waals surface area contributed by atoms with E-state index in [-0.39, 0.29) is 0 Å². The summed E-state index contributed by atoms with van der Waals surface area (Å²) >= 11 is 0. The Morgan fingerprint density at radius 1 is 1.14 bits per heavy atom. The van der Waals surface area contributed by atoms with Crippen LogP contribution in [0.25, 0.3) is 0 Å². The fourth-order valence-corrected chi connectivity index (χ4v) is 1.62. The molecule has 3 heteroatoms. The zero-order valence-corrected chi connectivity index (χ0v) is 9.79. The van der Waals surface area contributed by atoms with Crippen molar-refractivity contribution < 1.29 is 4.74 Å². The summed E-state index contributed by atoms with van der Waals surface area (Å²) in [5, 5.41) is 8.59. The Labute approximate surface area is 86.9 Å². The Hall–Kier alpha value is -0.440. The summed E-state index contributed by atoms with van der Waals surface area (Å²) in [6, 6.07) is 0.431. The van der Waals surface area contributed by atoms with E-state index in [2.05, 4.69) is 17.2 Å². The van der Waals surface area contributed by atoms with Crippen molar-refractivity contribution in [3.05, 3.63) is 0 Å². The van der Waals surface area contributed by atoms with Gasteiger partial charge in [-0.1, -0.05) is 6.92 Å². The van der Waals surface area contributed by atoms with Crippen LogP contribution in [-0.4, -0.2) is 18.9 Å². The summed E-state index contributed by atoms with van der Waals surface area (Å²) in [5.74, 6) is 0.872. The van der Waals surface area contributed by atoms with Crippen LogP contribution in [-0.2, 0) is 4.74 Å². The van der Waals surface area contributed by atoms with Crippen molar-refractivity contribution in [1.29, 1.82) is 0 Å². The minimum atomic E-state index is -0.455. The number of hydrogen-bond donors (Lipinski definition) is 0. The molecule has 1 rings (SSSR count). The van der Waals surface area contributed by atoms with Gasteiger partial charge in [0.15, 0.2) is 5.72 Å². The molecule has 0 atom stereocenters. The maximum absolute atomic E-state index is 5.19. The van der Waals surface area contributed by atoms with Crippen molar-refractivity contribution in [3.8, 4) is 0 Å². The molecule has 0 N–H and O–H groups in total. The van der Waals surface area contributed by atoms with E-state index < -0.39 is 5.72 Å². The molecule has 82 valence electrons. The Morgan fingerprint density at radius 2 is 1.71 bits per heavy atom. The summed E-state index contributed by atoms with van der Waals surface area (Å²) in [4.78, 5) is 0. The van der Waals surface area contributed by atoms with E-state index in [9.17, 15) is 0 Å². The Kier molecular flexibility index (Phi) is 4.05. The average Bonchev–Trinajstić information content (AvgIpc) is 2.17. The van der Waals surface area contributed by atoms with Gasteiger partial charge in [-0.3, -0.25) is 0 Å². The molecule has 0 unspecified atom stereocenters. The topological polar surface area (TPSA) is 34.0 Å². The first-order chi connectivity index (χ1) is 6.53. The molecule has 0 amide bonds. The lowest BCUT2D eigenvalue weighted by Gasteiger charge is -2.23. The molecule has 1 aliphatic carbocycles. The zero-order chi connectivity index (χ0) is 10.6. The molecular formula is C11H22N2O. The lowest BCUT2D eigenvalue weighted by atomic mass is 9.88. The molecule has 0 heterocycles. The molecule has 0 aromatic carbocycles. The second-order valence-corrected chi connectivity index (χ2v) is 4.78. The second-order valence-electron chi connectivity index (χ2n) is 4.78. The first-order valence-electron chi connectivity index (χ1n) is 5.50. The highest BCUT2D eigenvalue weighted by atomic mass is 16.5. The molecule has 0 aromatic heterocycles. The maximum atomic E-state index is 5.19. The van der Waals surface area contributed by atoms with Gasteiger partial charge in [-0.25, -0.2) is 0 Å². The predicted molar refractivity (Wildman–Crippen MR) is 57.4 cm³/mol. The van der Waals surface area contributed by atoms with Gasteiger partial charge in [0.25, 0.3) is 0 Å². The van der Waals surface area contributed by atoms with Crippen molar-refractivity contribution in [1.82, 2.24) is 0 Å². The van der Waals surface area contributed by atoms with Gasteiger partial charge in [-0.15, -0.1) is 0 Å². The van der Waals surface area contributed by atoms with Crippen LogP contribution >= 0.6 is 0 Å². The summed E-state index contributed by atoms with van der Waals surface area (Å²) < 4.78 is 5.19. The molecule has 14 heavy (non-hydrogen) atoms. The molecule has 0 aromatic rings. The maximum Gasteiger partial charge on any atom is 0.172 e. The van der Waals surface area contributed by atoms with Gasteiger partial charge in [-0.2, -0.15) is 10.2 Å². The van der Waals surface area contributed by atoms with Gasteiger partial charge in [0, 0.05) is 7.11 Å². The fourth-order valence-electron chi connectivity index (χ4n) is 1.62. The normalized spacial score (nSPS) is 29.7. The molecule has 0 aliphatic heterocycles. The molecule has 3 nitrogen and oxygen atoms in total. The van der Waals surface area contributed by atoms with Crippen LogP contribution in [0.1, 0.15) is 46.5 Å². The van der Waals surface area contributed by atoms with E-state index in [1.165, 1.54) is 25.7 Å². The quantitative estimate of drug-likeness (QED) is 0.640. The number of methoxy groups -OCH3 is 1. The van der Waals surface area contributed by atoms with E-state index in [4.69, 9.17) is 4.74 Å². The standard InChI is InChI=1S/C11H22N2O/c1-9-5-7-10(8-6-9)12-13-11(2,3)14-4/h9-10H,5-8H2,1-4H3/b13-12+. The predicted octanol–water partition coefficient (Wildman–Crippen LogP) is 3.40. The van der Waals surface area contributed by atoms with Gasteiger partial charge in [-0.05, 0) is 45.4 Å². The van der Waals surface area contributed by atoms with Crippen molar-refractivity contribution in [3.63, 3.8) is 0 Å². The first kappa shape index (κ1) is 11.6. The van der Waals surface area contributed by atoms with Crippen LogP contribution in [0.4, 0.5) is 0 Å². The van der Waals surface area contributed by atoms with Crippen molar-refractivity contribution in [2.75, 3.05) is 7.11 Å². The molecule has 0 saturated heterocycles. The van der Waals surface area contributed by atoms with E-state index >= 15 is 0 Å². The Morgan fingerprint density at radius 3 is 2.21 bits per heavy atom. The SMILES string of the molecule is COC(C)(C)/N=N/C1CCC(C)CC1. The highest BCUT2D eigenvalue weighted by molar-refractivity contribution is 4.74. The monoisotopic (exact) mass is 198 g/mol. The zero-order valence-electron chi connectivity index (χ0n) is 9.79. The third-order valence-corrected chi connectivity index (χ3v) is 2.95. The van der Waals surface area contributed by atoms with E-state index in [0.717, 1.165) is 5.92 Å². The highest BCUT2D eigenvalue weighted by Crippen LogP contribution is 2.26. The molecule has 1 saturated carbocycles. The van der Waals surface area contributed by atoms with Gasteiger partial charge in [0.1, 0.15) is 0 Å². The molecule has 0 bridgehead atoms. The van der Waals surface area contributed by atoms with Gasteiger partial charge >= 0.3 is 0 Å². The highest BCUT2D eigenvalue weighted by Gasteiger charge is 2.19. The number of ether oxygens (including phenoxy) is 1. The van der Waals surface area contributed by atoms with Crippen LogP contribution in [0.2, 0.25) is 0 Å². The largest absolute Gasteiger partial charge is 0.356 e. The minimum Gasteiger partial charge on any atom is -0.356 e. The third kappa shape index (κ3) is 3.74. The molecule has 1 fully saturated rings.